The number of aromatic nitrogens is 1. The summed E-state index contributed by atoms with van der Waals surface area (Å²) in [5.41, 5.74) is 6.85. The van der Waals surface area contributed by atoms with Crippen LogP contribution in [0.15, 0.2) is 102 Å². The van der Waals surface area contributed by atoms with E-state index in [1.165, 1.54) is 24.3 Å². The number of hydrogen-bond donors (Lipinski definition) is 0. The van der Waals surface area contributed by atoms with E-state index >= 15 is 0 Å². The number of nitrogens with zero attached hydrogens (tertiary/aromatic N) is 2. The average molecular weight is 637 g/mol. The fourth-order valence-corrected chi connectivity index (χ4v) is 8.04. The zero-order valence-electron chi connectivity index (χ0n) is 25.0. The van der Waals surface area contributed by atoms with Gasteiger partial charge in [-0.05, 0) is 102 Å². The Morgan fingerprint density at radius 1 is 0.889 bits per heavy atom. The van der Waals surface area contributed by atoms with Gasteiger partial charge in [-0.25, -0.2) is 8.42 Å². The van der Waals surface area contributed by atoms with Crippen molar-refractivity contribution in [2.45, 2.75) is 37.0 Å². The summed E-state index contributed by atoms with van der Waals surface area (Å²) >= 11 is 5.89. The van der Waals surface area contributed by atoms with E-state index in [0.29, 0.717) is 23.7 Å². The molecule has 2 aliphatic rings. The Morgan fingerprint density at radius 3 is 2.29 bits per heavy atom. The maximum Gasteiger partial charge on any atom is 0.270 e. The Bertz CT molecular complexity index is 2050. The highest BCUT2D eigenvalue weighted by Gasteiger charge is 2.44. The number of carbonyl (C=O) groups excluding carboxylic acids is 2. The van der Waals surface area contributed by atoms with Gasteiger partial charge >= 0.3 is 0 Å². The van der Waals surface area contributed by atoms with Crippen molar-refractivity contribution >= 4 is 44.0 Å². The second kappa shape index (κ2) is 11.3. The molecule has 0 N–H and O–H groups in total. The molecule has 5 aromatic rings. The van der Waals surface area contributed by atoms with E-state index in [4.69, 9.17) is 11.6 Å². The number of rotatable bonds is 9. The number of benzene rings is 4. The zero-order chi connectivity index (χ0) is 31.3. The molecule has 8 heteroatoms. The molecule has 0 saturated heterocycles. The highest BCUT2D eigenvalue weighted by atomic mass is 35.5. The minimum absolute atomic E-state index is 0.0155. The van der Waals surface area contributed by atoms with Crippen LogP contribution in [0.25, 0.3) is 27.7 Å². The van der Waals surface area contributed by atoms with Crippen LogP contribution >= 0.6 is 11.6 Å². The lowest BCUT2D eigenvalue weighted by molar-refractivity contribution is -0.117. The van der Waals surface area contributed by atoms with Crippen molar-refractivity contribution in [1.29, 1.82) is 0 Å². The number of carbonyl (C=O) groups is 2. The lowest BCUT2D eigenvalue weighted by atomic mass is 9.91. The molecule has 0 spiro atoms. The van der Waals surface area contributed by atoms with Crippen LogP contribution in [0.1, 0.15) is 40.9 Å². The number of fused-ring (bicyclic) bond motifs is 3. The summed E-state index contributed by atoms with van der Waals surface area (Å²) in [6, 6.07) is 30.9. The molecule has 0 unspecified atom stereocenters. The molecule has 4 aromatic carbocycles. The molecule has 1 fully saturated rings. The quantitative estimate of drug-likeness (QED) is 0.170. The van der Waals surface area contributed by atoms with Crippen LogP contribution in [-0.4, -0.2) is 48.9 Å². The van der Waals surface area contributed by atoms with Crippen molar-refractivity contribution in [3.05, 3.63) is 119 Å². The monoisotopic (exact) mass is 636 g/mol. The fourth-order valence-electron chi connectivity index (χ4n) is 6.67. The summed E-state index contributed by atoms with van der Waals surface area (Å²) < 4.78 is 27.7. The van der Waals surface area contributed by atoms with E-state index in [2.05, 4.69) is 47.0 Å². The molecule has 1 saturated carbocycles. The van der Waals surface area contributed by atoms with E-state index in [0.717, 1.165) is 58.1 Å². The maximum atomic E-state index is 13.5. The number of sulfone groups is 1. The first-order valence-electron chi connectivity index (χ1n) is 15.2. The summed E-state index contributed by atoms with van der Waals surface area (Å²) in [4.78, 5) is 28.4. The topological polar surface area (TPSA) is 76.5 Å². The van der Waals surface area contributed by atoms with Gasteiger partial charge in [0.1, 0.15) is 17.2 Å². The van der Waals surface area contributed by atoms with Crippen molar-refractivity contribution in [2.24, 2.45) is 5.41 Å². The van der Waals surface area contributed by atoms with Crippen LogP contribution in [0.3, 0.4) is 0 Å². The molecule has 6 nitrogen and oxygen atoms in total. The first kappa shape index (κ1) is 29.5. The highest BCUT2D eigenvalue weighted by molar-refractivity contribution is 7.92. The molecule has 1 aliphatic heterocycles. The normalized spacial score (nSPS) is 15.7. The minimum Gasteiger partial charge on any atom is -0.340 e. The van der Waals surface area contributed by atoms with Gasteiger partial charge in [-0.1, -0.05) is 60.1 Å². The lowest BCUT2D eigenvalue weighted by Gasteiger charge is -2.24. The number of halogens is 1. The summed E-state index contributed by atoms with van der Waals surface area (Å²) in [6.07, 6.45) is 3.51. The van der Waals surface area contributed by atoms with Crippen LogP contribution in [-0.2, 0) is 27.5 Å². The Hall–Kier alpha value is -4.20. The maximum absolute atomic E-state index is 13.5. The Morgan fingerprint density at radius 2 is 1.60 bits per heavy atom. The molecule has 2 heterocycles. The van der Waals surface area contributed by atoms with Crippen molar-refractivity contribution in [2.75, 3.05) is 19.3 Å². The van der Waals surface area contributed by atoms with Gasteiger partial charge in [-0.3, -0.25) is 9.59 Å². The van der Waals surface area contributed by atoms with Gasteiger partial charge in [-0.15, -0.1) is 0 Å². The summed E-state index contributed by atoms with van der Waals surface area (Å²) in [6.45, 7) is 0.682. The molecule has 0 radical (unpaired) electrons. The van der Waals surface area contributed by atoms with Crippen LogP contribution in [0.4, 0.5) is 0 Å². The Labute approximate surface area is 268 Å². The molecular weight excluding hydrogens is 604 g/mol. The van der Waals surface area contributed by atoms with Gasteiger partial charge in [0.05, 0.1) is 10.4 Å². The predicted molar refractivity (Wildman–Crippen MR) is 178 cm³/mol. The van der Waals surface area contributed by atoms with Gasteiger partial charge in [0.2, 0.25) is 0 Å². The van der Waals surface area contributed by atoms with Crippen molar-refractivity contribution < 1.29 is 18.0 Å². The van der Waals surface area contributed by atoms with Crippen molar-refractivity contribution in [1.82, 2.24) is 9.47 Å². The molecule has 228 valence electrons. The van der Waals surface area contributed by atoms with Crippen LogP contribution < -0.4 is 0 Å². The van der Waals surface area contributed by atoms with Gasteiger partial charge in [0.15, 0.2) is 9.84 Å². The first-order chi connectivity index (χ1) is 21.6. The van der Waals surface area contributed by atoms with Crippen LogP contribution in [0.5, 0.6) is 0 Å². The second-order valence-corrected chi connectivity index (χ2v) is 14.9. The minimum atomic E-state index is -3.72. The summed E-state index contributed by atoms with van der Waals surface area (Å²) in [7, 11) is -1.87. The molecule has 1 aromatic heterocycles. The molecule has 1 amide bonds. The third kappa shape index (κ3) is 5.71. The van der Waals surface area contributed by atoms with Gasteiger partial charge in [0.25, 0.3) is 5.91 Å². The highest BCUT2D eigenvalue weighted by Crippen LogP contribution is 2.51. The molecular formula is C37H33ClN2O4S. The number of amides is 1. The van der Waals surface area contributed by atoms with Crippen molar-refractivity contribution in [3.63, 3.8) is 0 Å². The molecule has 0 bridgehead atoms. The van der Waals surface area contributed by atoms with Crippen LogP contribution in [0, 0.1) is 5.41 Å². The Kier molecular flexibility index (Phi) is 7.41. The standard InChI is InChI=1S/C37H33ClN2O4S/c1-39-20-17-32-33-21-27(26-5-3-2-4-6-26)9-16-34(33)40(35(32)36(39)42)29-12-7-25(8-13-29)22-37(18-19-37)23-30(41)24-45(43,44)31-14-10-28(38)11-15-31/h2-16,21H,17-20,22-24H2,1H3. The first-order valence-corrected chi connectivity index (χ1v) is 17.2. The number of ketones is 1. The second-order valence-electron chi connectivity index (χ2n) is 12.5. The van der Waals surface area contributed by atoms with Crippen molar-refractivity contribution in [3.8, 4) is 16.8 Å². The van der Waals surface area contributed by atoms with Gasteiger partial charge < -0.3 is 9.47 Å². The number of hydrogen-bond acceptors (Lipinski definition) is 4. The lowest BCUT2D eigenvalue weighted by Crippen LogP contribution is -2.35. The van der Waals surface area contributed by atoms with E-state index in [1.807, 2.05) is 37.4 Å². The van der Waals surface area contributed by atoms with Crippen LogP contribution in [0.2, 0.25) is 5.02 Å². The zero-order valence-corrected chi connectivity index (χ0v) is 26.6. The number of likely N-dealkylation sites (N-methyl/N-ethyl adjacent to an activating group) is 1. The van der Waals surface area contributed by atoms with E-state index in [1.54, 1.807) is 4.90 Å². The molecule has 0 atom stereocenters. The molecule has 1 aliphatic carbocycles. The SMILES string of the molecule is CN1CCc2c(n(-c3ccc(CC4(CC(=O)CS(=O)(=O)c5ccc(Cl)cc5)CC4)cc3)c3ccc(-c4ccccc4)cc23)C1=O. The molecule has 45 heavy (non-hydrogen) atoms. The van der Waals surface area contributed by atoms with E-state index < -0.39 is 15.6 Å². The number of Topliss-reactive ketones (excluding diaryl/α,β-unsaturated/α-hetero) is 1. The summed E-state index contributed by atoms with van der Waals surface area (Å²) in [5.74, 6) is -0.751. The van der Waals surface area contributed by atoms with Gasteiger partial charge in [0, 0.05) is 36.1 Å². The average Bonchev–Trinajstić information content (AvgIpc) is 3.69. The van der Waals surface area contributed by atoms with E-state index in [9.17, 15) is 18.0 Å². The predicted octanol–water partition coefficient (Wildman–Crippen LogP) is 7.33. The summed E-state index contributed by atoms with van der Waals surface area (Å²) in [5, 5.41) is 1.55. The third-order valence-electron chi connectivity index (χ3n) is 9.25. The molecule has 7 rings (SSSR count). The smallest absolute Gasteiger partial charge is 0.270 e. The van der Waals surface area contributed by atoms with Gasteiger partial charge in [-0.2, -0.15) is 0 Å². The van der Waals surface area contributed by atoms with E-state index in [-0.39, 0.29) is 28.4 Å². The largest absolute Gasteiger partial charge is 0.340 e. The Balaban J connectivity index is 1.14. The fraction of sp³-hybridized carbons (Fsp3) is 0.243. The third-order valence-corrected chi connectivity index (χ3v) is 11.2.